The molecule has 3 aromatic heterocycles. The summed E-state index contributed by atoms with van der Waals surface area (Å²) < 4.78 is 11.1. The first-order valence-corrected chi connectivity index (χ1v) is 22.1. The van der Waals surface area contributed by atoms with E-state index in [4.69, 9.17) is 9.47 Å². The van der Waals surface area contributed by atoms with Gasteiger partial charge >= 0.3 is 11.9 Å². The first-order valence-electron chi connectivity index (χ1n) is 22.1. The fraction of sp³-hybridized carbons (Fsp3) is 0.540. The van der Waals surface area contributed by atoms with Crippen LogP contribution in [0.4, 0.5) is 0 Å². The zero-order valence-corrected chi connectivity index (χ0v) is 37.3. The maximum absolute atomic E-state index is 14.4. The number of fused-ring (bicyclic) bond motifs is 8. The summed E-state index contributed by atoms with van der Waals surface area (Å²) in [5.41, 5.74) is 13.0. The van der Waals surface area contributed by atoms with Crippen molar-refractivity contribution in [2.75, 3.05) is 13.7 Å². The summed E-state index contributed by atoms with van der Waals surface area (Å²) in [6.45, 7) is 24.0. The predicted molar refractivity (Wildman–Crippen MR) is 238 cm³/mol. The minimum Gasteiger partial charge on any atom is -0.468 e. The van der Waals surface area contributed by atoms with E-state index in [-0.39, 0.29) is 36.6 Å². The van der Waals surface area contributed by atoms with Crippen LogP contribution in [0.25, 0.3) is 23.8 Å². The molecule has 5 heterocycles. The molecule has 0 spiro atoms. The standard InChI is InChI=1S/C50H68N4O5/c1-12-34-30(7)37-24-39-32(9)36(20-21-43(55)59-23-22-29(6)19-15-18-28(5)17-14-16-27(3)4)47(53-39)45-46(50(57)58-11)49(56)44-33(10)40(54-48(44)45)26-42-35(13-2)31(8)38(52-42)25-41(34)51-37/h12,22,24,26-28,32,36,46-47,51-54H,1,13-21,23,25H2,2-11H3/b29-22+,39-24-,40-26-/t28-,32+,36+,46-,47-/m1/s1. The van der Waals surface area contributed by atoms with Gasteiger partial charge in [-0.2, -0.15) is 0 Å². The lowest BCUT2D eigenvalue weighted by Crippen LogP contribution is -2.38. The highest BCUT2D eigenvalue weighted by molar-refractivity contribution is 6.19. The lowest BCUT2D eigenvalue weighted by Gasteiger charge is -2.25. The highest BCUT2D eigenvalue weighted by atomic mass is 16.5. The van der Waals surface area contributed by atoms with E-state index in [1.54, 1.807) is 0 Å². The molecule has 318 valence electrons. The molecule has 0 radical (unpaired) electrons. The molecule has 3 aromatic rings. The summed E-state index contributed by atoms with van der Waals surface area (Å²) >= 11 is 0. The molecule has 1 fully saturated rings. The molecule has 9 nitrogen and oxygen atoms in total. The van der Waals surface area contributed by atoms with Crippen molar-refractivity contribution in [2.45, 2.75) is 133 Å². The summed E-state index contributed by atoms with van der Waals surface area (Å²) in [7, 11) is 1.33. The quantitative estimate of drug-likeness (QED) is 0.0651. The Bertz CT molecular complexity index is 2280. The number of carbonyl (C=O) groups excluding carboxylic acids is 3. The van der Waals surface area contributed by atoms with E-state index in [9.17, 15) is 14.4 Å². The third kappa shape index (κ3) is 9.04. The topological polar surface area (TPSA) is 129 Å². The molecule has 9 heteroatoms. The number of esters is 2. The number of methoxy groups -OCH3 is 1. The zero-order valence-electron chi connectivity index (χ0n) is 37.3. The number of rotatable bonds is 16. The van der Waals surface area contributed by atoms with Crippen LogP contribution in [0.5, 0.6) is 0 Å². The highest BCUT2D eigenvalue weighted by Crippen LogP contribution is 2.42. The Morgan fingerprint density at radius 3 is 2.37 bits per heavy atom. The van der Waals surface area contributed by atoms with Crippen molar-refractivity contribution in [1.82, 2.24) is 20.3 Å². The Labute approximate surface area is 351 Å². The second-order valence-electron chi connectivity index (χ2n) is 18.0. The minimum atomic E-state index is -1.10. The summed E-state index contributed by atoms with van der Waals surface area (Å²) in [6.07, 6.45) is 17.7. The molecule has 8 bridgehead atoms. The van der Waals surface area contributed by atoms with Gasteiger partial charge in [0, 0.05) is 58.1 Å². The van der Waals surface area contributed by atoms with E-state index in [0.29, 0.717) is 29.3 Å². The Morgan fingerprint density at radius 2 is 1.68 bits per heavy atom. The van der Waals surface area contributed by atoms with Crippen LogP contribution in [0.1, 0.15) is 154 Å². The Kier molecular flexibility index (Phi) is 13.8. The van der Waals surface area contributed by atoms with Gasteiger partial charge in [-0.05, 0) is 123 Å². The second kappa shape index (κ2) is 18.6. The normalized spacial score (nSPS) is 21.8. The van der Waals surface area contributed by atoms with Crippen LogP contribution in [0.15, 0.2) is 23.9 Å². The van der Waals surface area contributed by atoms with Crippen LogP contribution in [-0.2, 0) is 31.9 Å². The van der Waals surface area contributed by atoms with Gasteiger partial charge in [-0.25, -0.2) is 0 Å². The predicted octanol–water partition coefficient (Wildman–Crippen LogP) is 8.84. The maximum Gasteiger partial charge on any atom is 0.320 e. The summed E-state index contributed by atoms with van der Waals surface area (Å²) in [6, 6.07) is -0.425. The number of ketones is 1. The van der Waals surface area contributed by atoms with E-state index in [0.717, 1.165) is 81.6 Å². The lowest BCUT2D eigenvalue weighted by atomic mass is 9.80. The first-order chi connectivity index (χ1) is 28.2. The van der Waals surface area contributed by atoms with Crippen molar-refractivity contribution in [1.29, 1.82) is 0 Å². The van der Waals surface area contributed by atoms with Gasteiger partial charge in [-0.15, -0.1) is 0 Å². The molecule has 0 amide bonds. The van der Waals surface area contributed by atoms with Crippen LogP contribution in [0.2, 0.25) is 0 Å². The van der Waals surface area contributed by atoms with Crippen molar-refractivity contribution < 1.29 is 23.9 Å². The van der Waals surface area contributed by atoms with Crippen LogP contribution in [-0.4, -0.2) is 52.4 Å². The van der Waals surface area contributed by atoms with Crippen molar-refractivity contribution >= 4 is 41.5 Å². The summed E-state index contributed by atoms with van der Waals surface area (Å²) in [5, 5.41) is 5.28. The monoisotopic (exact) mass is 805 g/mol. The molecule has 1 saturated heterocycles. The van der Waals surface area contributed by atoms with Crippen LogP contribution >= 0.6 is 0 Å². The Morgan fingerprint density at radius 1 is 0.949 bits per heavy atom. The number of aromatic amines is 3. The average Bonchev–Trinajstić information content (AvgIpc) is 3.94. The van der Waals surface area contributed by atoms with E-state index in [1.807, 2.05) is 19.1 Å². The lowest BCUT2D eigenvalue weighted by molar-refractivity contribution is -0.143. The molecular formula is C50H68N4O5. The van der Waals surface area contributed by atoms with Gasteiger partial charge in [0.2, 0.25) is 0 Å². The van der Waals surface area contributed by atoms with E-state index in [2.05, 4.69) is 94.4 Å². The van der Waals surface area contributed by atoms with Crippen LogP contribution < -0.4 is 16.0 Å². The number of ether oxygens (including phenoxy) is 2. The Hall–Kier alpha value is -4.79. The van der Waals surface area contributed by atoms with Gasteiger partial charge in [-0.1, -0.05) is 78.5 Å². The van der Waals surface area contributed by atoms with Crippen molar-refractivity contribution in [3.8, 4) is 0 Å². The second-order valence-corrected chi connectivity index (χ2v) is 18.0. The van der Waals surface area contributed by atoms with Gasteiger partial charge in [0.25, 0.3) is 0 Å². The summed E-state index contributed by atoms with van der Waals surface area (Å²) in [5.74, 6) is -0.873. The van der Waals surface area contributed by atoms with E-state index in [1.165, 1.54) is 49.5 Å². The SMILES string of the molecule is C=Cc1c2[nH]c(c1C)/C=C1\N[C@@H](C3=c4[nH]/c(c(C)c4C(=O)[C@@H]3C(=O)OC)=C\c3[nH]c(c(C)c3CC)C2)[C@@H](CCC(=O)OC/C=C(\C)CCC[C@H](C)CCCC(C)C)[C@@H]1C. The number of hydrogen-bond acceptors (Lipinski definition) is 6. The van der Waals surface area contributed by atoms with Gasteiger partial charge in [-0.3, -0.25) is 14.4 Å². The number of aromatic nitrogens is 3. The van der Waals surface area contributed by atoms with Gasteiger partial charge < -0.3 is 29.7 Å². The molecule has 0 unspecified atom stereocenters. The first kappa shape index (κ1) is 43.8. The fourth-order valence-corrected chi connectivity index (χ4v) is 9.92. The number of nitrogens with one attached hydrogen (secondary N) is 4. The third-order valence-corrected chi connectivity index (χ3v) is 13.6. The van der Waals surface area contributed by atoms with Gasteiger partial charge in [0.1, 0.15) is 12.5 Å². The molecule has 59 heavy (non-hydrogen) atoms. The number of allylic oxidation sites excluding steroid dienone is 2. The Balaban J connectivity index is 1.32. The molecule has 5 atom stereocenters. The number of H-pyrrole nitrogens is 3. The van der Waals surface area contributed by atoms with E-state index < -0.39 is 17.9 Å². The largest absolute Gasteiger partial charge is 0.468 e. The fourth-order valence-electron chi connectivity index (χ4n) is 9.92. The van der Waals surface area contributed by atoms with Gasteiger partial charge in [0.05, 0.1) is 18.5 Å². The maximum atomic E-state index is 14.4. The molecule has 6 rings (SSSR count). The molecule has 3 aliphatic rings. The van der Waals surface area contributed by atoms with Crippen LogP contribution in [0.3, 0.4) is 0 Å². The average molecular weight is 805 g/mol. The third-order valence-electron chi connectivity index (χ3n) is 13.6. The zero-order chi connectivity index (χ0) is 42.7. The van der Waals surface area contributed by atoms with Crippen LogP contribution in [0, 0.1) is 50.4 Å². The molecule has 1 aliphatic carbocycles. The highest BCUT2D eigenvalue weighted by Gasteiger charge is 2.49. The number of carbonyl (C=O) groups is 3. The number of hydrogen-bond donors (Lipinski definition) is 4. The smallest absolute Gasteiger partial charge is 0.320 e. The number of Topliss-reactive ketones (excluding diaryl/α,β-unsaturated/α-hetero) is 1. The van der Waals surface area contributed by atoms with Crippen molar-refractivity contribution in [3.05, 3.63) is 90.8 Å². The van der Waals surface area contributed by atoms with Gasteiger partial charge in [0.15, 0.2) is 5.78 Å². The van der Waals surface area contributed by atoms with Crippen molar-refractivity contribution in [2.24, 2.45) is 29.6 Å². The van der Waals surface area contributed by atoms with Crippen molar-refractivity contribution in [3.63, 3.8) is 0 Å². The molecule has 2 aliphatic heterocycles. The molecule has 0 aromatic carbocycles. The minimum absolute atomic E-state index is 0.0383. The molecule has 0 saturated carbocycles. The molecular weight excluding hydrogens is 737 g/mol. The summed E-state index contributed by atoms with van der Waals surface area (Å²) in [4.78, 5) is 52.4. The van der Waals surface area contributed by atoms with E-state index >= 15 is 0 Å². The molecule has 4 N–H and O–H groups in total.